The summed E-state index contributed by atoms with van der Waals surface area (Å²) in [6, 6.07) is 7.54. The van der Waals surface area contributed by atoms with Gasteiger partial charge in [-0.05, 0) is 24.6 Å². The van der Waals surface area contributed by atoms with Crippen molar-refractivity contribution in [2.75, 3.05) is 12.4 Å². The standard InChI is InChI=1S/C13H13ClN2O/c1-9-3-4-13(12(14)5-9)17-11-6-10(15-2)7-16-8-11/h3-8,15H,1-2H3. The Morgan fingerprint density at radius 2 is 2.06 bits per heavy atom. The quantitative estimate of drug-likeness (QED) is 0.895. The molecule has 3 nitrogen and oxygen atoms in total. The van der Waals surface area contributed by atoms with Gasteiger partial charge in [0.15, 0.2) is 0 Å². The number of hydrogen-bond donors (Lipinski definition) is 1. The summed E-state index contributed by atoms with van der Waals surface area (Å²) in [7, 11) is 1.83. The smallest absolute Gasteiger partial charge is 0.147 e. The summed E-state index contributed by atoms with van der Waals surface area (Å²) in [6.07, 6.45) is 3.38. The van der Waals surface area contributed by atoms with Gasteiger partial charge in [0, 0.05) is 13.1 Å². The molecule has 4 heteroatoms. The second-order valence-corrected chi connectivity index (χ2v) is 4.10. The van der Waals surface area contributed by atoms with E-state index >= 15 is 0 Å². The first kappa shape index (κ1) is 11.7. The van der Waals surface area contributed by atoms with Gasteiger partial charge in [0.05, 0.1) is 23.1 Å². The third-order valence-corrected chi connectivity index (χ3v) is 2.61. The molecule has 1 N–H and O–H groups in total. The van der Waals surface area contributed by atoms with Crippen molar-refractivity contribution >= 4 is 17.3 Å². The van der Waals surface area contributed by atoms with Gasteiger partial charge >= 0.3 is 0 Å². The van der Waals surface area contributed by atoms with Crippen LogP contribution in [0, 0.1) is 6.92 Å². The molecule has 0 saturated carbocycles. The topological polar surface area (TPSA) is 34.2 Å². The number of nitrogens with one attached hydrogen (secondary N) is 1. The van der Waals surface area contributed by atoms with Crippen molar-refractivity contribution in [3.8, 4) is 11.5 Å². The summed E-state index contributed by atoms with van der Waals surface area (Å²) in [5.41, 5.74) is 2.00. The molecule has 0 unspecified atom stereocenters. The maximum Gasteiger partial charge on any atom is 0.147 e. The Bertz CT molecular complexity index is 529. The van der Waals surface area contributed by atoms with Crippen LogP contribution in [0.5, 0.6) is 11.5 Å². The minimum Gasteiger partial charge on any atom is -0.454 e. The van der Waals surface area contributed by atoms with Crippen molar-refractivity contribution < 1.29 is 4.74 Å². The van der Waals surface area contributed by atoms with E-state index in [0.717, 1.165) is 11.3 Å². The zero-order chi connectivity index (χ0) is 12.3. The third-order valence-electron chi connectivity index (χ3n) is 2.32. The number of hydrogen-bond acceptors (Lipinski definition) is 3. The van der Waals surface area contributed by atoms with E-state index in [1.54, 1.807) is 12.4 Å². The molecule has 0 fully saturated rings. The molecule has 88 valence electrons. The van der Waals surface area contributed by atoms with Crippen LogP contribution >= 0.6 is 11.6 Å². The zero-order valence-corrected chi connectivity index (χ0v) is 10.5. The SMILES string of the molecule is CNc1cncc(Oc2ccc(C)cc2Cl)c1. The second-order valence-electron chi connectivity index (χ2n) is 3.70. The Hall–Kier alpha value is -1.74. The largest absolute Gasteiger partial charge is 0.454 e. The number of pyridine rings is 1. The van der Waals surface area contributed by atoms with Gasteiger partial charge in [0.25, 0.3) is 0 Å². The van der Waals surface area contributed by atoms with Crippen LogP contribution in [0.4, 0.5) is 5.69 Å². The van der Waals surface area contributed by atoms with Crippen LogP contribution in [-0.2, 0) is 0 Å². The van der Waals surface area contributed by atoms with E-state index in [4.69, 9.17) is 16.3 Å². The molecular formula is C13H13ClN2O. The van der Waals surface area contributed by atoms with Gasteiger partial charge in [-0.2, -0.15) is 0 Å². The predicted molar refractivity (Wildman–Crippen MR) is 70.0 cm³/mol. The summed E-state index contributed by atoms with van der Waals surface area (Å²) in [6.45, 7) is 1.98. The monoisotopic (exact) mass is 248 g/mol. The van der Waals surface area contributed by atoms with E-state index in [9.17, 15) is 0 Å². The van der Waals surface area contributed by atoms with Crippen LogP contribution in [0.2, 0.25) is 5.02 Å². The van der Waals surface area contributed by atoms with E-state index in [1.165, 1.54) is 0 Å². The summed E-state index contributed by atoms with van der Waals surface area (Å²) < 4.78 is 5.67. The van der Waals surface area contributed by atoms with Crippen molar-refractivity contribution in [2.24, 2.45) is 0 Å². The Kier molecular flexibility index (Phi) is 3.49. The van der Waals surface area contributed by atoms with E-state index in [-0.39, 0.29) is 0 Å². The van der Waals surface area contributed by atoms with Crippen molar-refractivity contribution in [3.63, 3.8) is 0 Å². The maximum absolute atomic E-state index is 6.09. The summed E-state index contributed by atoms with van der Waals surface area (Å²) >= 11 is 6.09. The van der Waals surface area contributed by atoms with Crippen LogP contribution in [0.1, 0.15) is 5.56 Å². The van der Waals surface area contributed by atoms with Gasteiger partial charge in [-0.1, -0.05) is 17.7 Å². The Morgan fingerprint density at radius 3 is 2.76 bits per heavy atom. The van der Waals surface area contributed by atoms with Crippen molar-refractivity contribution in [1.82, 2.24) is 4.98 Å². The summed E-state index contributed by atoms with van der Waals surface area (Å²) in [5, 5.41) is 3.60. The number of anilines is 1. The normalized spacial score (nSPS) is 10.1. The maximum atomic E-state index is 6.09. The molecule has 0 aliphatic rings. The lowest BCUT2D eigenvalue weighted by Crippen LogP contribution is -1.91. The number of ether oxygens (including phenoxy) is 1. The number of aryl methyl sites for hydroxylation is 1. The molecule has 1 aromatic carbocycles. The highest BCUT2D eigenvalue weighted by Gasteiger charge is 2.04. The number of benzene rings is 1. The molecule has 0 saturated heterocycles. The summed E-state index contributed by atoms with van der Waals surface area (Å²) in [4.78, 5) is 4.07. The molecule has 0 atom stereocenters. The van der Waals surface area contributed by atoms with Gasteiger partial charge in [-0.15, -0.1) is 0 Å². The van der Waals surface area contributed by atoms with Crippen LogP contribution in [0.15, 0.2) is 36.7 Å². The number of rotatable bonds is 3. The van der Waals surface area contributed by atoms with Gasteiger partial charge in [0.2, 0.25) is 0 Å². The van der Waals surface area contributed by atoms with Crippen LogP contribution in [-0.4, -0.2) is 12.0 Å². The minimum atomic E-state index is 0.597. The van der Waals surface area contributed by atoms with Crippen molar-refractivity contribution in [3.05, 3.63) is 47.2 Å². The Morgan fingerprint density at radius 1 is 1.24 bits per heavy atom. The first-order valence-electron chi connectivity index (χ1n) is 5.26. The zero-order valence-electron chi connectivity index (χ0n) is 9.70. The molecule has 0 aliphatic carbocycles. The first-order chi connectivity index (χ1) is 8.19. The Labute approximate surface area is 105 Å². The third kappa shape index (κ3) is 2.88. The van der Waals surface area contributed by atoms with Crippen LogP contribution < -0.4 is 10.1 Å². The average Bonchev–Trinajstić information content (AvgIpc) is 2.33. The predicted octanol–water partition coefficient (Wildman–Crippen LogP) is 3.88. The fraction of sp³-hybridized carbons (Fsp3) is 0.154. The highest BCUT2D eigenvalue weighted by molar-refractivity contribution is 6.32. The molecule has 0 amide bonds. The molecule has 17 heavy (non-hydrogen) atoms. The first-order valence-corrected chi connectivity index (χ1v) is 5.63. The molecule has 2 rings (SSSR count). The molecule has 1 heterocycles. The lowest BCUT2D eigenvalue weighted by Gasteiger charge is -2.08. The minimum absolute atomic E-state index is 0.597. The lowest BCUT2D eigenvalue weighted by atomic mass is 10.2. The van der Waals surface area contributed by atoms with Gasteiger partial charge in [-0.3, -0.25) is 4.98 Å². The van der Waals surface area contributed by atoms with Crippen LogP contribution in [0.3, 0.4) is 0 Å². The highest BCUT2D eigenvalue weighted by Crippen LogP contribution is 2.30. The molecule has 2 aromatic rings. The lowest BCUT2D eigenvalue weighted by molar-refractivity contribution is 0.480. The fourth-order valence-corrected chi connectivity index (χ4v) is 1.70. The molecular weight excluding hydrogens is 236 g/mol. The van der Waals surface area contributed by atoms with Crippen molar-refractivity contribution in [1.29, 1.82) is 0 Å². The molecule has 0 bridgehead atoms. The Balaban J connectivity index is 2.25. The number of halogens is 1. The van der Waals surface area contributed by atoms with Gasteiger partial charge in [-0.25, -0.2) is 0 Å². The number of aromatic nitrogens is 1. The molecule has 0 aliphatic heterocycles. The second kappa shape index (κ2) is 5.06. The molecule has 1 aromatic heterocycles. The fourth-order valence-electron chi connectivity index (χ4n) is 1.43. The van der Waals surface area contributed by atoms with Gasteiger partial charge < -0.3 is 10.1 Å². The van der Waals surface area contributed by atoms with Crippen molar-refractivity contribution in [2.45, 2.75) is 6.92 Å². The highest BCUT2D eigenvalue weighted by atomic mass is 35.5. The van der Waals surface area contributed by atoms with Gasteiger partial charge in [0.1, 0.15) is 11.5 Å². The summed E-state index contributed by atoms with van der Waals surface area (Å²) in [5.74, 6) is 1.29. The van der Waals surface area contributed by atoms with E-state index in [2.05, 4.69) is 10.3 Å². The molecule has 0 spiro atoms. The average molecular weight is 249 g/mol. The van der Waals surface area contributed by atoms with E-state index in [1.807, 2.05) is 38.2 Å². The van der Waals surface area contributed by atoms with Crippen LogP contribution in [0.25, 0.3) is 0 Å². The number of nitrogens with zero attached hydrogens (tertiary/aromatic N) is 1. The van der Waals surface area contributed by atoms with E-state index < -0.39 is 0 Å². The van der Waals surface area contributed by atoms with E-state index in [0.29, 0.717) is 16.5 Å². The molecule has 0 radical (unpaired) electrons.